The molecular formula is C21H28IN5OS. The maximum atomic E-state index is 10.7. The number of guanidine groups is 1. The highest BCUT2D eigenvalue weighted by Crippen LogP contribution is 2.21. The van der Waals surface area contributed by atoms with Crippen LogP contribution < -0.4 is 10.6 Å². The van der Waals surface area contributed by atoms with Gasteiger partial charge >= 0.3 is 0 Å². The summed E-state index contributed by atoms with van der Waals surface area (Å²) in [7, 11) is 0. The van der Waals surface area contributed by atoms with Crippen LogP contribution in [0, 0.1) is 0 Å². The lowest BCUT2D eigenvalue weighted by Gasteiger charge is -2.24. The molecule has 1 atom stereocenters. The highest BCUT2D eigenvalue weighted by Gasteiger charge is 2.23. The average Bonchev–Trinajstić information content (AvgIpc) is 3.38. The molecule has 3 N–H and O–H groups in total. The Balaban J connectivity index is 0.00000300. The van der Waals surface area contributed by atoms with E-state index in [9.17, 15) is 5.11 Å². The number of halogens is 1. The van der Waals surface area contributed by atoms with E-state index in [-0.39, 0.29) is 24.0 Å². The van der Waals surface area contributed by atoms with Gasteiger partial charge in [-0.05, 0) is 41.8 Å². The number of thiophene rings is 1. The van der Waals surface area contributed by atoms with Crippen LogP contribution in [0.3, 0.4) is 0 Å². The molecule has 8 heteroatoms. The molecule has 0 saturated heterocycles. The molecule has 0 saturated carbocycles. The Bertz CT molecular complexity index is 878. The Hall–Kier alpha value is -1.91. The van der Waals surface area contributed by atoms with Crippen molar-refractivity contribution in [1.82, 2.24) is 20.2 Å². The van der Waals surface area contributed by atoms with Gasteiger partial charge in [-0.1, -0.05) is 30.3 Å². The van der Waals surface area contributed by atoms with Crippen LogP contribution in [0.2, 0.25) is 0 Å². The van der Waals surface area contributed by atoms with Crippen molar-refractivity contribution in [3.63, 3.8) is 0 Å². The fourth-order valence-corrected chi connectivity index (χ4v) is 3.62. The highest BCUT2D eigenvalue weighted by atomic mass is 127. The number of imidazole rings is 1. The first-order valence-corrected chi connectivity index (χ1v) is 10.3. The van der Waals surface area contributed by atoms with Gasteiger partial charge in [0.15, 0.2) is 5.96 Å². The van der Waals surface area contributed by atoms with Gasteiger partial charge in [-0.15, -0.1) is 24.0 Å². The van der Waals surface area contributed by atoms with Crippen molar-refractivity contribution in [3.05, 3.63) is 76.5 Å². The minimum atomic E-state index is -0.956. The molecule has 0 spiro atoms. The lowest BCUT2D eigenvalue weighted by atomic mass is 9.99. The molecule has 1 unspecified atom stereocenters. The second-order valence-electron chi connectivity index (χ2n) is 6.79. The Kier molecular flexibility index (Phi) is 9.12. The van der Waals surface area contributed by atoms with Crippen molar-refractivity contribution in [2.45, 2.75) is 32.5 Å². The smallest absolute Gasteiger partial charge is 0.191 e. The molecule has 3 rings (SSSR count). The first-order chi connectivity index (χ1) is 13.6. The summed E-state index contributed by atoms with van der Waals surface area (Å²) < 4.78 is 2.10. The number of nitrogens with zero attached hydrogens (tertiary/aromatic N) is 3. The zero-order valence-electron chi connectivity index (χ0n) is 16.7. The van der Waals surface area contributed by atoms with Gasteiger partial charge in [-0.25, -0.2) is 9.98 Å². The van der Waals surface area contributed by atoms with Crippen LogP contribution >= 0.6 is 35.3 Å². The second kappa shape index (κ2) is 11.3. The SMILES string of the molecule is CCNC(=NCc1nccn1Cc1ccccc1)NCC(C)(O)c1ccsc1.I. The quantitative estimate of drug-likeness (QED) is 0.239. The Morgan fingerprint density at radius 1 is 1.24 bits per heavy atom. The molecule has 2 heterocycles. The molecular weight excluding hydrogens is 497 g/mol. The maximum Gasteiger partial charge on any atom is 0.191 e. The summed E-state index contributed by atoms with van der Waals surface area (Å²) >= 11 is 1.58. The lowest BCUT2D eigenvalue weighted by molar-refractivity contribution is 0.0621. The Morgan fingerprint density at radius 2 is 2.03 bits per heavy atom. The highest BCUT2D eigenvalue weighted by molar-refractivity contribution is 14.0. The summed E-state index contributed by atoms with van der Waals surface area (Å²) in [4.78, 5) is 9.09. The molecule has 0 aliphatic heterocycles. The average molecular weight is 525 g/mol. The molecule has 0 aliphatic carbocycles. The van der Waals surface area contributed by atoms with Gasteiger partial charge in [0.2, 0.25) is 0 Å². The molecule has 3 aromatic rings. The molecule has 0 amide bonds. The molecule has 29 heavy (non-hydrogen) atoms. The van der Waals surface area contributed by atoms with Crippen LogP contribution in [-0.2, 0) is 18.7 Å². The first kappa shape index (κ1) is 23.4. The van der Waals surface area contributed by atoms with Gasteiger partial charge in [0.1, 0.15) is 18.0 Å². The monoisotopic (exact) mass is 525 g/mol. The van der Waals surface area contributed by atoms with Crippen LogP contribution in [0.5, 0.6) is 0 Å². The molecule has 2 aromatic heterocycles. The van der Waals surface area contributed by atoms with Crippen molar-refractivity contribution in [3.8, 4) is 0 Å². The summed E-state index contributed by atoms with van der Waals surface area (Å²) in [6, 6.07) is 12.2. The maximum absolute atomic E-state index is 10.7. The van der Waals surface area contributed by atoms with E-state index in [4.69, 9.17) is 0 Å². The van der Waals surface area contributed by atoms with E-state index in [1.165, 1.54) is 5.56 Å². The van der Waals surface area contributed by atoms with E-state index >= 15 is 0 Å². The summed E-state index contributed by atoms with van der Waals surface area (Å²) in [5, 5.41) is 21.1. The van der Waals surface area contributed by atoms with E-state index in [0.29, 0.717) is 19.0 Å². The number of hydrogen-bond donors (Lipinski definition) is 3. The summed E-state index contributed by atoms with van der Waals surface area (Å²) in [6.07, 6.45) is 3.77. The fraction of sp³-hybridized carbons (Fsp3) is 0.333. The molecule has 6 nitrogen and oxygen atoms in total. The van der Waals surface area contributed by atoms with Gasteiger partial charge < -0.3 is 20.3 Å². The van der Waals surface area contributed by atoms with E-state index < -0.39 is 5.60 Å². The molecule has 0 aliphatic rings. The second-order valence-corrected chi connectivity index (χ2v) is 7.57. The minimum absolute atomic E-state index is 0. The van der Waals surface area contributed by atoms with Gasteiger partial charge in [-0.2, -0.15) is 11.3 Å². The van der Waals surface area contributed by atoms with Crippen LogP contribution in [0.1, 0.15) is 30.8 Å². The number of hydrogen-bond acceptors (Lipinski definition) is 4. The van der Waals surface area contributed by atoms with Crippen LogP contribution in [0.15, 0.2) is 64.5 Å². The van der Waals surface area contributed by atoms with Crippen LogP contribution in [0.25, 0.3) is 0 Å². The van der Waals surface area contributed by atoms with Crippen molar-refractivity contribution in [2.75, 3.05) is 13.1 Å². The van der Waals surface area contributed by atoms with Crippen molar-refractivity contribution in [1.29, 1.82) is 0 Å². The van der Waals surface area contributed by atoms with Crippen molar-refractivity contribution >= 4 is 41.3 Å². The predicted molar refractivity (Wildman–Crippen MR) is 130 cm³/mol. The first-order valence-electron chi connectivity index (χ1n) is 9.39. The molecule has 1 aromatic carbocycles. The van der Waals surface area contributed by atoms with E-state index in [1.54, 1.807) is 24.5 Å². The largest absolute Gasteiger partial charge is 0.384 e. The number of aromatic nitrogens is 2. The van der Waals surface area contributed by atoms with Gasteiger partial charge in [0, 0.05) is 25.5 Å². The van der Waals surface area contributed by atoms with Gasteiger partial charge in [0.05, 0.1) is 6.54 Å². The van der Waals surface area contributed by atoms with E-state index in [0.717, 1.165) is 24.5 Å². The summed E-state index contributed by atoms with van der Waals surface area (Å²) in [5.41, 5.74) is 1.17. The zero-order valence-corrected chi connectivity index (χ0v) is 19.9. The number of aliphatic hydroxyl groups is 1. The predicted octanol–water partition coefficient (Wildman–Crippen LogP) is 3.57. The normalized spacial score (nSPS) is 13.4. The third-order valence-corrected chi connectivity index (χ3v) is 5.15. The van der Waals surface area contributed by atoms with E-state index in [1.807, 2.05) is 48.1 Å². The lowest BCUT2D eigenvalue weighted by Crippen LogP contribution is -2.44. The third kappa shape index (κ3) is 6.83. The van der Waals surface area contributed by atoms with Crippen molar-refractivity contribution < 1.29 is 5.11 Å². The molecule has 156 valence electrons. The van der Waals surface area contributed by atoms with E-state index in [2.05, 4.69) is 37.3 Å². The number of aliphatic imine (C=N–C) groups is 1. The molecule has 0 fully saturated rings. The number of rotatable bonds is 8. The topological polar surface area (TPSA) is 74.5 Å². The third-order valence-electron chi connectivity index (χ3n) is 4.46. The summed E-state index contributed by atoms with van der Waals surface area (Å²) in [6.45, 7) is 6.15. The van der Waals surface area contributed by atoms with Crippen molar-refractivity contribution in [2.24, 2.45) is 4.99 Å². The number of benzene rings is 1. The van der Waals surface area contributed by atoms with Crippen LogP contribution in [0.4, 0.5) is 0 Å². The number of nitrogens with one attached hydrogen (secondary N) is 2. The molecule has 0 radical (unpaired) electrons. The Labute approximate surface area is 193 Å². The van der Waals surface area contributed by atoms with Gasteiger partial charge in [-0.3, -0.25) is 0 Å². The standard InChI is InChI=1S/C21H27N5OS.HI/c1-3-22-20(25-16-21(2,27)18-9-12-28-15-18)24-13-19-23-10-11-26(19)14-17-7-5-4-6-8-17;/h4-12,15,27H,3,13-14,16H2,1-2H3,(H2,22,24,25);1H. The molecule has 0 bridgehead atoms. The minimum Gasteiger partial charge on any atom is -0.384 e. The zero-order chi connectivity index (χ0) is 19.8. The Morgan fingerprint density at radius 3 is 2.72 bits per heavy atom. The van der Waals surface area contributed by atoms with Gasteiger partial charge in [0.25, 0.3) is 0 Å². The summed E-state index contributed by atoms with van der Waals surface area (Å²) in [5.74, 6) is 1.55. The fourth-order valence-electron chi connectivity index (χ4n) is 2.84. The van der Waals surface area contributed by atoms with Crippen LogP contribution in [-0.4, -0.2) is 33.7 Å².